The van der Waals surface area contributed by atoms with E-state index in [1.165, 1.54) is 11.3 Å². The fourth-order valence-electron chi connectivity index (χ4n) is 2.47. The van der Waals surface area contributed by atoms with Crippen LogP contribution in [-0.2, 0) is 11.3 Å². The number of nitrogens with zero attached hydrogens (tertiary/aromatic N) is 1. The number of aliphatic hydroxyl groups excluding tert-OH is 1. The molecular weight excluding hydrogens is 314 g/mol. The molecule has 0 aromatic carbocycles. The van der Waals surface area contributed by atoms with E-state index in [1.807, 2.05) is 29.6 Å². The number of carbonyl (C=O) groups is 1. The van der Waals surface area contributed by atoms with Gasteiger partial charge in [0.1, 0.15) is 6.10 Å². The first-order chi connectivity index (χ1) is 11.2. The van der Waals surface area contributed by atoms with Crippen LogP contribution in [0.15, 0.2) is 41.9 Å². The molecule has 0 aliphatic carbocycles. The van der Waals surface area contributed by atoms with Crippen molar-refractivity contribution in [2.75, 3.05) is 13.2 Å². The fourth-order valence-corrected chi connectivity index (χ4v) is 3.11. The molecular formula is C16H19N3O3S. The van der Waals surface area contributed by atoms with Gasteiger partial charge >= 0.3 is 0 Å². The number of aliphatic hydroxyl groups is 1. The van der Waals surface area contributed by atoms with Crippen molar-refractivity contribution >= 4 is 17.2 Å². The van der Waals surface area contributed by atoms with Gasteiger partial charge in [-0.2, -0.15) is 0 Å². The quantitative estimate of drug-likeness (QED) is 0.728. The Morgan fingerprint density at radius 1 is 1.39 bits per heavy atom. The van der Waals surface area contributed by atoms with Crippen molar-refractivity contribution in [1.82, 2.24) is 15.6 Å². The molecule has 1 fully saturated rings. The highest BCUT2D eigenvalue weighted by atomic mass is 32.1. The molecule has 3 N–H and O–H groups in total. The second-order valence-electron chi connectivity index (χ2n) is 5.36. The predicted molar refractivity (Wildman–Crippen MR) is 87.3 cm³/mol. The Labute approximate surface area is 138 Å². The SMILES string of the molecule is O=C(NC[C@H]1OC[C@@H](NCc2ccccn2)[C@@H]1O)c1cccs1. The van der Waals surface area contributed by atoms with Crippen molar-refractivity contribution in [2.24, 2.45) is 0 Å². The van der Waals surface area contributed by atoms with Gasteiger partial charge in [-0.15, -0.1) is 11.3 Å². The molecule has 1 aliphatic heterocycles. The van der Waals surface area contributed by atoms with Crippen LogP contribution < -0.4 is 10.6 Å². The van der Waals surface area contributed by atoms with Crippen LogP contribution in [0.5, 0.6) is 0 Å². The Morgan fingerprint density at radius 3 is 3.04 bits per heavy atom. The summed E-state index contributed by atoms with van der Waals surface area (Å²) in [5.41, 5.74) is 0.911. The fraction of sp³-hybridized carbons (Fsp3) is 0.375. The number of aromatic nitrogens is 1. The van der Waals surface area contributed by atoms with Gasteiger partial charge in [0.25, 0.3) is 5.91 Å². The molecule has 0 unspecified atom stereocenters. The minimum atomic E-state index is -0.664. The Hall–Kier alpha value is -1.80. The number of ether oxygens (including phenoxy) is 1. The van der Waals surface area contributed by atoms with Crippen molar-refractivity contribution in [1.29, 1.82) is 0 Å². The van der Waals surface area contributed by atoms with Crippen LogP contribution in [-0.4, -0.2) is 47.4 Å². The molecule has 7 heteroatoms. The lowest BCUT2D eigenvalue weighted by atomic mass is 10.1. The zero-order valence-corrected chi connectivity index (χ0v) is 13.3. The minimum Gasteiger partial charge on any atom is -0.389 e. The van der Waals surface area contributed by atoms with Gasteiger partial charge in [0.2, 0.25) is 0 Å². The molecule has 0 radical (unpaired) electrons. The van der Waals surface area contributed by atoms with Gasteiger partial charge in [-0.3, -0.25) is 9.78 Å². The smallest absolute Gasteiger partial charge is 0.261 e. The first-order valence-corrected chi connectivity index (χ1v) is 8.36. The molecule has 122 valence electrons. The molecule has 3 atom stereocenters. The molecule has 23 heavy (non-hydrogen) atoms. The summed E-state index contributed by atoms with van der Waals surface area (Å²) in [5, 5.41) is 18.2. The number of hydrogen-bond acceptors (Lipinski definition) is 6. The number of rotatable bonds is 6. The lowest BCUT2D eigenvalue weighted by Gasteiger charge is -2.18. The van der Waals surface area contributed by atoms with Gasteiger partial charge < -0.3 is 20.5 Å². The Morgan fingerprint density at radius 2 is 2.30 bits per heavy atom. The summed E-state index contributed by atoms with van der Waals surface area (Å²) in [6, 6.07) is 9.15. The lowest BCUT2D eigenvalue weighted by Crippen LogP contribution is -2.44. The average Bonchev–Trinajstić information content (AvgIpc) is 3.22. The van der Waals surface area contributed by atoms with E-state index in [2.05, 4.69) is 15.6 Å². The standard InChI is InChI=1S/C16H19N3O3S/c20-15-12(18-8-11-4-1-2-6-17-11)10-22-13(15)9-19-16(21)14-5-3-7-23-14/h1-7,12-13,15,18,20H,8-10H2,(H,19,21)/t12-,13-,15+/m1/s1. The van der Waals surface area contributed by atoms with Crippen LogP contribution in [0.4, 0.5) is 0 Å². The lowest BCUT2D eigenvalue weighted by molar-refractivity contribution is 0.0399. The summed E-state index contributed by atoms with van der Waals surface area (Å²) in [5.74, 6) is -0.138. The molecule has 0 spiro atoms. The summed E-state index contributed by atoms with van der Waals surface area (Å²) in [7, 11) is 0. The van der Waals surface area contributed by atoms with Crippen LogP contribution in [0.25, 0.3) is 0 Å². The number of hydrogen-bond donors (Lipinski definition) is 3. The van der Waals surface area contributed by atoms with E-state index in [9.17, 15) is 9.90 Å². The summed E-state index contributed by atoms with van der Waals surface area (Å²) >= 11 is 1.39. The van der Waals surface area contributed by atoms with E-state index >= 15 is 0 Å². The molecule has 6 nitrogen and oxygen atoms in total. The third-order valence-electron chi connectivity index (χ3n) is 3.76. The maximum absolute atomic E-state index is 11.9. The van der Waals surface area contributed by atoms with E-state index in [-0.39, 0.29) is 11.9 Å². The number of pyridine rings is 1. The Balaban J connectivity index is 1.45. The second-order valence-corrected chi connectivity index (χ2v) is 6.31. The first kappa shape index (κ1) is 16.1. The van der Waals surface area contributed by atoms with Crippen molar-refractivity contribution in [3.63, 3.8) is 0 Å². The zero-order valence-electron chi connectivity index (χ0n) is 12.5. The Kier molecular flexibility index (Phi) is 5.35. The molecule has 1 amide bonds. The third-order valence-corrected chi connectivity index (χ3v) is 4.63. The number of thiophene rings is 1. The number of carbonyl (C=O) groups excluding carboxylic acids is 1. The third kappa shape index (κ3) is 4.14. The molecule has 1 aliphatic rings. The highest BCUT2D eigenvalue weighted by Crippen LogP contribution is 2.15. The summed E-state index contributed by atoms with van der Waals surface area (Å²) in [6.07, 6.45) is 0.670. The maximum Gasteiger partial charge on any atom is 0.261 e. The van der Waals surface area contributed by atoms with Crippen molar-refractivity contribution in [2.45, 2.75) is 24.8 Å². The number of nitrogens with one attached hydrogen (secondary N) is 2. The van der Waals surface area contributed by atoms with E-state index in [1.54, 1.807) is 12.3 Å². The van der Waals surface area contributed by atoms with Crippen molar-refractivity contribution < 1.29 is 14.6 Å². The maximum atomic E-state index is 11.9. The van der Waals surface area contributed by atoms with Crippen LogP contribution in [0.1, 0.15) is 15.4 Å². The topological polar surface area (TPSA) is 83.5 Å². The monoisotopic (exact) mass is 333 g/mol. The molecule has 2 aromatic rings. The first-order valence-electron chi connectivity index (χ1n) is 7.48. The van der Waals surface area contributed by atoms with Crippen molar-refractivity contribution in [3.8, 4) is 0 Å². The summed E-state index contributed by atoms with van der Waals surface area (Å²) in [6.45, 7) is 1.27. The molecule has 1 saturated heterocycles. The highest BCUT2D eigenvalue weighted by molar-refractivity contribution is 7.12. The van der Waals surface area contributed by atoms with Gasteiger partial charge in [0, 0.05) is 19.3 Å². The van der Waals surface area contributed by atoms with Crippen LogP contribution in [0, 0.1) is 0 Å². The van der Waals surface area contributed by atoms with Gasteiger partial charge in [0.05, 0.1) is 29.3 Å². The predicted octanol–water partition coefficient (Wildman–Crippen LogP) is 0.791. The van der Waals surface area contributed by atoms with Crippen LogP contribution in [0.2, 0.25) is 0 Å². The van der Waals surface area contributed by atoms with E-state index < -0.39 is 12.2 Å². The summed E-state index contributed by atoms with van der Waals surface area (Å²) < 4.78 is 5.59. The number of amides is 1. The molecule has 3 heterocycles. The second kappa shape index (κ2) is 7.65. The average molecular weight is 333 g/mol. The van der Waals surface area contributed by atoms with Gasteiger partial charge in [-0.25, -0.2) is 0 Å². The largest absolute Gasteiger partial charge is 0.389 e. The van der Waals surface area contributed by atoms with Gasteiger partial charge in [0.15, 0.2) is 0 Å². The van der Waals surface area contributed by atoms with Crippen molar-refractivity contribution in [3.05, 3.63) is 52.5 Å². The van der Waals surface area contributed by atoms with Gasteiger partial charge in [-0.1, -0.05) is 12.1 Å². The molecule has 2 aromatic heterocycles. The molecule has 0 saturated carbocycles. The van der Waals surface area contributed by atoms with Gasteiger partial charge in [-0.05, 0) is 23.6 Å². The van der Waals surface area contributed by atoms with E-state index in [0.717, 1.165) is 5.69 Å². The highest BCUT2D eigenvalue weighted by Gasteiger charge is 2.35. The normalized spacial score (nSPS) is 23.8. The van der Waals surface area contributed by atoms with E-state index in [4.69, 9.17) is 4.74 Å². The van der Waals surface area contributed by atoms with Crippen LogP contribution in [0.3, 0.4) is 0 Å². The molecule has 3 rings (SSSR count). The summed E-state index contributed by atoms with van der Waals surface area (Å²) in [4.78, 5) is 16.8. The minimum absolute atomic E-state index is 0.138. The zero-order chi connectivity index (χ0) is 16.1. The van der Waals surface area contributed by atoms with Crippen LogP contribution >= 0.6 is 11.3 Å². The molecule has 0 bridgehead atoms. The van der Waals surface area contributed by atoms with E-state index in [0.29, 0.717) is 24.6 Å². The Bertz CT molecular complexity index is 621.